The number of piperidine rings is 1. The number of nitrogens with one attached hydrogen (secondary N) is 1. The van der Waals surface area contributed by atoms with E-state index in [9.17, 15) is 12.8 Å². The van der Waals surface area contributed by atoms with E-state index >= 15 is 0 Å². The minimum Gasteiger partial charge on any atom is -0.369 e. The second-order valence-electron chi connectivity index (χ2n) is 5.41. The lowest BCUT2D eigenvalue weighted by Gasteiger charge is -2.31. The molecule has 0 aliphatic carbocycles. The minimum atomic E-state index is -3.87. The van der Waals surface area contributed by atoms with Crippen molar-refractivity contribution in [3.8, 4) is 0 Å². The van der Waals surface area contributed by atoms with Crippen molar-refractivity contribution in [3.63, 3.8) is 0 Å². The zero-order chi connectivity index (χ0) is 15.5. The Labute approximate surface area is 125 Å². The van der Waals surface area contributed by atoms with Crippen LogP contribution in [0.1, 0.15) is 19.8 Å². The third kappa shape index (κ3) is 4.15. The number of sulfonamides is 1. The second-order valence-corrected chi connectivity index (χ2v) is 6.97. The van der Waals surface area contributed by atoms with E-state index in [4.69, 9.17) is 5.14 Å². The van der Waals surface area contributed by atoms with Crippen LogP contribution >= 0.6 is 0 Å². The summed E-state index contributed by atoms with van der Waals surface area (Å²) in [6.45, 7) is 5.37. The molecule has 0 spiro atoms. The second kappa shape index (κ2) is 6.72. The normalized spacial score (nSPS) is 19.5. The summed E-state index contributed by atoms with van der Waals surface area (Å²) in [7, 11) is -3.87. The molecular weight excluding hydrogens is 293 g/mol. The van der Waals surface area contributed by atoms with Gasteiger partial charge in [-0.25, -0.2) is 17.9 Å². The Morgan fingerprint density at radius 3 is 2.76 bits per heavy atom. The lowest BCUT2D eigenvalue weighted by Crippen LogP contribution is -2.38. The Kier molecular flexibility index (Phi) is 5.18. The number of hydrogen-bond donors (Lipinski definition) is 2. The van der Waals surface area contributed by atoms with Crippen molar-refractivity contribution in [1.29, 1.82) is 0 Å². The van der Waals surface area contributed by atoms with E-state index in [-0.39, 0.29) is 4.90 Å². The molecule has 1 atom stereocenters. The highest BCUT2D eigenvalue weighted by atomic mass is 32.2. The molecule has 1 unspecified atom stereocenters. The average molecular weight is 315 g/mol. The van der Waals surface area contributed by atoms with Crippen molar-refractivity contribution in [1.82, 2.24) is 5.32 Å². The predicted octanol–water partition coefficient (Wildman–Crippen LogP) is 1.30. The Morgan fingerprint density at radius 1 is 1.48 bits per heavy atom. The van der Waals surface area contributed by atoms with E-state index in [1.807, 2.05) is 11.8 Å². The van der Waals surface area contributed by atoms with Gasteiger partial charge in [-0.1, -0.05) is 0 Å². The van der Waals surface area contributed by atoms with Crippen LogP contribution in [-0.4, -0.2) is 34.6 Å². The van der Waals surface area contributed by atoms with Crippen molar-refractivity contribution in [2.24, 2.45) is 11.1 Å². The summed E-state index contributed by atoms with van der Waals surface area (Å²) in [6, 6.07) is 3.84. The number of primary sulfonamides is 1. The molecule has 7 heteroatoms. The first-order chi connectivity index (χ1) is 9.91. The van der Waals surface area contributed by atoms with Crippen LogP contribution in [0.15, 0.2) is 23.1 Å². The topological polar surface area (TPSA) is 75.4 Å². The smallest absolute Gasteiger partial charge is 0.238 e. The fourth-order valence-corrected chi connectivity index (χ4v) is 3.24. The molecule has 1 aliphatic heterocycles. The Bertz CT molecular complexity index is 586. The summed E-state index contributed by atoms with van der Waals surface area (Å²) >= 11 is 0. The number of rotatable bonds is 5. The Morgan fingerprint density at radius 2 is 2.24 bits per heavy atom. The third-order valence-corrected chi connectivity index (χ3v) is 4.76. The van der Waals surface area contributed by atoms with Crippen LogP contribution in [0.25, 0.3) is 0 Å². The van der Waals surface area contributed by atoms with Gasteiger partial charge in [-0.2, -0.15) is 0 Å². The third-order valence-electron chi connectivity index (χ3n) is 3.85. The molecule has 5 nitrogen and oxygen atoms in total. The number of anilines is 1. The summed E-state index contributed by atoms with van der Waals surface area (Å²) in [5.41, 5.74) is 0.426. The molecule has 1 saturated heterocycles. The summed E-state index contributed by atoms with van der Waals surface area (Å²) in [4.78, 5) is 1.75. The summed E-state index contributed by atoms with van der Waals surface area (Å²) in [5.74, 6) is -0.0665. The molecule has 1 aromatic rings. The van der Waals surface area contributed by atoms with Crippen LogP contribution in [0, 0.1) is 11.7 Å². The van der Waals surface area contributed by atoms with Crippen LogP contribution in [0.2, 0.25) is 0 Å². The van der Waals surface area contributed by atoms with Gasteiger partial charge in [-0.3, -0.25) is 0 Å². The highest BCUT2D eigenvalue weighted by molar-refractivity contribution is 7.89. The monoisotopic (exact) mass is 315 g/mol. The minimum absolute atomic E-state index is 0.195. The van der Waals surface area contributed by atoms with Crippen molar-refractivity contribution >= 4 is 15.7 Å². The van der Waals surface area contributed by atoms with Gasteiger partial charge < -0.3 is 10.2 Å². The van der Waals surface area contributed by atoms with Crippen molar-refractivity contribution < 1.29 is 12.8 Å². The van der Waals surface area contributed by atoms with Crippen LogP contribution < -0.4 is 15.4 Å². The molecule has 0 radical (unpaired) electrons. The fourth-order valence-electron chi connectivity index (χ4n) is 2.71. The Balaban J connectivity index is 2.17. The molecule has 1 aromatic carbocycles. The predicted molar refractivity (Wildman–Crippen MR) is 81.3 cm³/mol. The van der Waals surface area contributed by atoms with Gasteiger partial charge >= 0.3 is 0 Å². The number of halogens is 1. The molecule has 0 aromatic heterocycles. The molecule has 0 saturated carbocycles. The van der Waals surface area contributed by atoms with Gasteiger partial charge in [0, 0.05) is 13.1 Å². The van der Waals surface area contributed by atoms with E-state index < -0.39 is 15.8 Å². The van der Waals surface area contributed by atoms with Crippen LogP contribution in [0.4, 0.5) is 10.1 Å². The highest BCUT2D eigenvalue weighted by Gasteiger charge is 2.19. The Hall–Kier alpha value is -1.18. The van der Waals surface area contributed by atoms with Crippen LogP contribution in [-0.2, 0) is 10.0 Å². The van der Waals surface area contributed by atoms with Crippen molar-refractivity contribution in [2.75, 3.05) is 31.1 Å². The van der Waals surface area contributed by atoms with Crippen LogP contribution in [0.3, 0.4) is 0 Å². The first-order valence-electron chi connectivity index (χ1n) is 7.20. The highest BCUT2D eigenvalue weighted by Crippen LogP contribution is 2.24. The maximum Gasteiger partial charge on any atom is 0.238 e. The first kappa shape index (κ1) is 16.2. The first-order valence-corrected chi connectivity index (χ1v) is 8.74. The lowest BCUT2D eigenvalue weighted by molar-refractivity contribution is 0.377. The number of nitrogens with zero attached hydrogens (tertiary/aromatic N) is 1. The summed E-state index contributed by atoms with van der Waals surface area (Å²) in [6.07, 6.45) is 2.26. The van der Waals surface area contributed by atoms with Gasteiger partial charge in [0.05, 0.1) is 10.6 Å². The molecule has 1 aliphatic rings. The molecule has 21 heavy (non-hydrogen) atoms. The van der Waals surface area contributed by atoms with Crippen molar-refractivity contribution in [2.45, 2.75) is 24.7 Å². The molecule has 118 valence electrons. The maximum atomic E-state index is 14.2. The molecule has 2 rings (SSSR count). The molecule has 1 fully saturated rings. The molecule has 1 heterocycles. The van der Waals surface area contributed by atoms with Gasteiger partial charge in [-0.05, 0) is 57.0 Å². The number of nitrogens with two attached hydrogens (primary N) is 1. The standard InChI is InChI=1S/C14H22FN3O2S/c1-2-18(10-11-4-3-7-17-9-11)14-6-5-12(8-13(14)15)21(16,19)20/h5-6,8,11,17H,2-4,7,9-10H2,1H3,(H2,16,19,20). The summed E-state index contributed by atoms with van der Waals surface area (Å²) < 4.78 is 36.7. The van der Waals surface area contributed by atoms with Gasteiger partial charge in [0.15, 0.2) is 0 Å². The van der Waals surface area contributed by atoms with E-state index in [0.29, 0.717) is 18.2 Å². The fraction of sp³-hybridized carbons (Fsp3) is 0.571. The number of benzene rings is 1. The van der Waals surface area contributed by atoms with E-state index in [0.717, 1.165) is 38.5 Å². The van der Waals surface area contributed by atoms with Gasteiger partial charge in [0.25, 0.3) is 0 Å². The van der Waals surface area contributed by atoms with E-state index in [1.165, 1.54) is 12.1 Å². The molecule has 0 amide bonds. The molecular formula is C14H22FN3O2S. The van der Waals surface area contributed by atoms with Crippen LogP contribution in [0.5, 0.6) is 0 Å². The molecule has 0 bridgehead atoms. The quantitative estimate of drug-likeness (QED) is 0.859. The maximum absolute atomic E-state index is 14.2. The largest absolute Gasteiger partial charge is 0.369 e. The summed E-state index contributed by atoms with van der Waals surface area (Å²) in [5, 5.41) is 8.36. The zero-order valence-electron chi connectivity index (χ0n) is 12.2. The van der Waals surface area contributed by atoms with Crippen molar-refractivity contribution in [3.05, 3.63) is 24.0 Å². The van der Waals surface area contributed by atoms with Gasteiger partial charge in [-0.15, -0.1) is 0 Å². The zero-order valence-corrected chi connectivity index (χ0v) is 13.0. The SMILES string of the molecule is CCN(CC1CCCNC1)c1ccc(S(N)(=O)=O)cc1F. The van der Waals surface area contributed by atoms with E-state index in [2.05, 4.69) is 5.32 Å². The lowest BCUT2D eigenvalue weighted by atomic mass is 9.99. The molecule has 3 N–H and O–H groups in total. The van der Waals surface area contributed by atoms with Gasteiger partial charge in [0.2, 0.25) is 10.0 Å². The van der Waals surface area contributed by atoms with Gasteiger partial charge in [0.1, 0.15) is 5.82 Å². The number of hydrogen-bond acceptors (Lipinski definition) is 4. The average Bonchev–Trinajstić information content (AvgIpc) is 2.45. The van der Waals surface area contributed by atoms with E-state index in [1.54, 1.807) is 0 Å².